The van der Waals surface area contributed by atoms with Crippen molar-refractivity contribution in [3.63, 3.8) is 0 Å². The highest BCUT2D eigenvalue weighted by Gasteiger charge is 2.35. The van der Waals surface area contributed by atoms with E-state index in [1.54, 1.807) is 7.11 Å². The predicted octanol–water partition coefficient (Wildman–Crippen LogP) is 6.67. The highest BCUT2D eigenvalue weighted by Crippen LogP contribution is 2.44. The lowest BCUT2D eigenvalue weighted by Crippen LogP contribution is -2.35. The number of ether oxygens (including phenoxy) is 1. The summed E-state index contributed by atoms with van der Waals surface area (Å²) in [7, 11) is -1.80. The zero-order valence-corrected chi connectivity index (χ0v) is 23.4. The van der Waals surface area contributed by atoms with Gasteiger partial charge in [-0.25, -0.2) is 5.09 Å². The highest BCUT2D eigenvalue weighted by atomic mass is 31.2. The van der Waals surface area contributed by atoms with E-state index in [1.165, 1.54) is 0 Å². The molecule has 0 fully saturated rings. The van der Waals surface area contributed by atoms with Gasteiger partial charge in [0.2, 0.25) is 7.29 Å². The van der Waals surface area contributed by atoms with Crippen LogP contribution in [-0.2, 0) is 4.57 Å². The van der Waals surface area contributed by atoms with Gasteiger partial charge in [-0.05, 0) is 53.1 Å². The molecule has 0 heterocycles. The van der Waals surface area contributed by atoms with Crippen LogP contribution in [0.3, 0.4) is 0 Å². The smallest absolute Gasteiger partial charge is 0.205 e. The molecule has 0 saturated carbocycles. The summed E-state index contributed by atoms with van der Waals surface area (Å²) in [5.74, 6) is 0.695. The molecule has 41 heavy (non-hydrogen) atoms. The Kier molecular flexibility index (Phi) is 7.35. The normalized spacial score (nSPS) is 13.4. The minimum Gasteiger partial charge on any atom is -0.497 e. The van der Waals surface area contributed by atoms with Crippen LogP contribution >= 0.6 is 7.29 Å². The number of hydrogen-bond donors (Lipinski definition) is 1. The molecule has 1 aliphatic carbocycles. The summed E-state index contributed by atoms with van der Waals surface area (Å²) < 4.78 is 20.5. The first-order chi connectivity index (χ1) is 20.1. The first kappa shape index (κ1) is 26.5. The van der Waals surface area contributed by atoms with Crippen molar-refractivity contribution in [3.05, 3.63) is 150 Å². The van der Waals surface area contributed by atoms with Crippen molar-refractivity contribution >= 4 is 23.6 Å². The summed E-state index contributed by atoms with van der Waals surface area (Å²) in [4.78, 5) is 5.11. The summed E-state index contributed by atoms with van der Waals surface area (Å²) in [5.41, 5.74) is 5.69. The van der Waals surface area contributed by atoms with Crippen LogP contribution in [0.1, 0.15) is 22.7 Å². The third kappa shape index (κ3) is 5.00. The molecule has 5 aromatic carbocycles. The maximum absolute atomic E-state index is 15.1. The standard InChI is InChI=1S/C35H28N3O2P/c1-40-26-22-20-25(21-23-26)34(38-41(39,27-12-4-2-5-13-27)28-14-6-3-7-15-28)33(24-36)37-35-31-18-10-8-16-29(31)30-17-9-11-19-32(30)35/h2-23,33-34H,1H3,(H,38,39)/t33-,34-/m1/s1. The fraction of sp³-hybridized carbons (Fsp3) is 0.0857. The first-order valence-electron chi connectivity index (χ1n) is 13.4. The second kappa shape index (κ2) is 11.4. The van der Waals surface area contributed by atoms with Crippen molar-refractivity contribution in [2.24, 2.45) is 4.99 Å². The van der Waals surface area contributed by atoms with E-state index in [2.05, 4.69) is 23.3 Å². The maximum atomic E-state index is 15.1. The Morgan fingerprint density at radius 1 is 0.683 bits per heavy atom. The molecule has 5 nitrogen and oxygen atoms in total. The summed E-state index contributed by atoms with van der Waals surface area (Å²) in [5, 5.41) is 15.4. The number of nitrogens with one attached hydrogen (secondary N) is 1. The van der Waals surface area contributed by atoms with E-state index in [9.17, 15) is 5.26 Å². The minimum atomic E-state index is -3.41. The highest BCUT2D eigenvalue weighted by molar-refractivity contribution is 7.76. The number of hydrogen-bond acceptors (Lipinski definition) is 4. The average molecular weight is 554 g/mol. The summed E-state index contributed by atoms with van der Waals surface area (Å²) >= 11 is 0. The molecular formula is C35H28N3O2P. The Balaban J connectivity index is 1.52. The van der Waals surface area contributed by atoms with Gasteiger partial charge >= 0.3 is 0 Å². The lowest BCUT2D eigenvalue weighted by molar-refractivity contribution is 0.414. The third-order valence-corrected chi connectivity index (χ3v) is 10.1. The molecule has 0 radical (unpaired) electrons. The number of methoxy groups -OCH3 is 1. The van der Waals surface area contributed by atoms with E-state index in [-0.39, 0.29) is 0 Å². The molecule has 1 aliphatic rings. The number of nitrogens with zero attached hydrogens (tertiary/aromatic N) is 2. The predicted molar refractivity (Wildman–Crippen MR) is 166 cm³/mol. The minimum absolute atomic E-state index is 0.658. The molecule has 6 rings (SSSR count). The quantitative estimate of drug-likeness (QED) is 0.214. The Bertz CT molecular complexity index is 1700. The van der Waals surface area contributed by atoms with Crippen molar-refractivity contribution in [1.29, 1.82) is 5.26 Å². The monoisotopic (exact) mass is 553 g/mol. The molecule has 0 unspecified atom stereocenters. The number of fused-ring (bicyclic) bond motifs is 3. The van der Waals surface area contributed by atoms with Gasteiger partial charge in [0.1, 0.15) is 5.75 Å². The van der Waals surface area contributed by atoms with Crippen LogP contribution in [0.15, 0.2) is 138 Å². The average Bonchev–Trinajstić information content (AvgIpc) is 3.36. The van der Waals surface area contributed by atoms with Crippen molar-refractivity contribution in [2.75, 3.05) is 7.11 Å². The molecule has 5 aromatic rings. The number of rotatable bonds is 8. The Morgan fingerprint density at radius 3 is 1.61 bits per heavy atom. The van der Waals surface area contributed by atoms with E-state index in [0.29, 0.717) is 16.4 Å². The maximum Gasteiger partial charge on any atom is 0.205 e. The van der Waals surface area contributed by atoms with Crippen molar-refractivity contribution in [2.45, 2.75) is 12.1 Å². The van der Waals surface area contributed by atoms with Gasteiger partial charge < -0.3 is 4.74 Å². The van der Waals surface area contributed by atoms with E-state index in [0.717, 1.165) is 33.5 Å². The van der Waals surface area contributed by atoms with Crippen LogP contribution in [0.4, 0.5) is 0 Å². The zero-order valence-electron chi connectivity index (χ0n) is 22.5. The zero-order chi connectivity index (χ0) is 28.2. The van der Waals surface area contributed by atoms with Crippen molar-refractivity contribution in [3.8, 4) is 22.9 Å². The van der Waals surface area contributed by atoms with E-state index in [4.69, 9.17) is 9.73 Å². The molecule has 6 heteroatoms. The summed E-state index contributed by atoms with van der Waals surface area (Å²) in [6, 6.07) is 43.4. The van der Waals surface area contributed by atoms with E-state index < -0.39 is 19.4 Å². The van der Waals surface area contributed by atoms with E-state index >= 15 is 4.57 Å². The molecule has 2 atom stereocenters. The largest absolute Gasteiger partial charge is 0.497 e. The van der Waals surface area contributed by atoms with Gasteiger partial charge in [-0.1, -0.05) is 97.1 Å². The molecular weight excluding hydrogens is 525 g/mol. The second-order valence-corrected chi connectivity index (χ2v) is 12.3. The van der Waals surface area contributed by atoms with Gasteiger partial charge in [0.05, 0.1) is 24.9 Å². The topological polar surface area (TPSA) is 74.5 Å². The molecule has 0 aromatic heterocycles. The summed E-state index contributed by atoms with van der Waals surface area (Å²) in [6.45, 7) is 0. The fourth-order valence-corrected chi connectivity index (χ4v) is 7.82. The van der Waals surface area contributed by atoms with E-state index in [1.807, 2.05) is 121 Å². The lowest BCUT2D eigenvalue weighted by atomic mass is 10.0. The Morgan fingerprint density at radius 2 is 1.15 bits per heavy atom. The van der Waals surface area contributed by atoms with Crippen LogP contribution in [0.5, 0.6) is 5.75 Å². The number of nitriles is 1. The first-order valence-corrected chi connectivity index (χ1v) is 15.1. The van der Waals surface area contributed by atoms with Gasteiger partial charge in [-0.2, -0.15) is 5.26 Å². The second-order valence-electron chi connectivity index (χ2n) is 9.80. The van der Waals surface area contributed by atoms with Gasteiger partial charge in [0.15, 0.2) is 6.04 Å². The van der Waals surface area contributed by atoms with Crippen LogP contribution < -0.4 is 20.4 Å². The van der Waals surface area contributed by atoms with Gasteiger partial charge in [-0.3, -0.25) is 9.56 Å². The van der Waals surface area contributed by atoms with Crippen LogP contribution in [-0.4, -0.2) is 18.9 Å². The molecule has 0 bridgehead atoms. The van der Waals surface area contributed by atoms with Gasteiger partial charge in [0, 0.05) is 21.7 Å². The van der Waals surface area contributed by atoms with Crippen LogP contribution in [0, 0.1) is 11.3 Å². The number of benzene rings is 5. The van der Waals surface area contributed by atoms with Crippen LogP contribution in [0.2, 0.25) is 0 Å². The SMILES string of the molecule is COc1ccc([C@@H](NP(=O)(c2ccccc2)c2ccccc2)[C@@H](C#N)N=C2c3ccccc3-c3ccccc32)cc1. The third-order valence-electron chi connectivity index (χ3n) is 7.41. The Hall–Kier alpha value is -4.75. The lowest BCUT2D eigenvalue weighted by Gasteiger charge is -2.29. The van der Waals surface area contributed by atoms with Gasteiger partial charge in [0.25, 0.3) is 0 Å². The van der Waals surface area contributed by atoms with Crippen molar-refractivity contribution in [1.82, 2.24) is 5.09 Å². The molecule has 0 aliphatic heterocycles. The fourth-order valence-electron chi connectivity index (χ4n) is 5.36. The van der Waals surface area contributed by atoms with Crippen LogP contribution in [0.25, 0.3) is 11.1 Å². The summed E-state index contributed by atoms with van der Waals surface area (Å²) in [6.07, 6.45) is 0. The Labute approximate surface area is 240 Å². The molecule has 0 spiro atoms. The molecule has 0 saturated heterocycles. The number of aliphatic imine (C=N–C) groups is 1. The molecule has 1 N–H and O–H groups in total. The molecule has 200 valence electrons. The van der Waals surface area contributed by atoms with Gasteiger partial charge in [-0.15, -0.1) is 0 Å². The van der Waals surface area contributed by atoms with Crippen molar-refractivity contribution < 1.29 is 9.30 Å². The molecule has 0 amide bonds.